The fraction of sp³-hybridized carbons (Fsp3) is 0.500. The van der Waals surface area contributed by atoms with Crippen LogP contribution < -0.4 is 11.1 Å². The first-order valence-electron chi connectivity index (χ1n) is 6.51. The van der Waals surface area contributed by atoms with Gasteiger partial charge in [-0.3, -0.25) is 0 Å². The van der Waals surface area contributed by atoms with Gasteiger partial charge in [0.1, 0.15) is 6.07 Å². The zero-order chi connectivity index (χ0) is 13.0. The van der Waals surface area contributed by atoms with Gasteiger partial charge in [0.2, 0.25) is 0 Å². The maximum absolute atomic E-state index is 8.84. The number of piperidine rings is 1. The summed E-state index contributed by atoms with van der Waals surface area (Å²) in [4.78, 5) is 2.45. The Morgan fingerprint density at radius 1 is 1.56 bits per heavy atom. The Morgan fingerprint density at radius 3 is 3.06 bits per heavy atom. The van der Waals surface area contributed by atoms with Gasteiger partial charge in [0.05, 0.1) is 11.3 Å². The number of anilines is 2. The number of likely N-dealkylation sites (tertiary alicyclic amines) is 1. The van der Waals surface area contributed by atoms with Gasteiger partial charge < -0.3 is 16.0 Å². The third kappa shape index (κ3) is 2.93. The first-order chi connectivity index (χ1) is 8.72. The Balaban J connectivity index is 2.01. The van der Waals surface area contributed by atoms with E-state index in [1.807, 2.05) is 12.1 Å². The minimum atomic E-state index is 0.478. The molecular formula is C14H20N4. The number of nitrogens with zero attached hydrogens (tertiary/aromatic N) is 2. The Morgan fingerprint density at radius 2 is 2.39 bits per heavy atom. The van der Waals surface area contributed by atoms with E-state index in [2.05, 4.69) is 23.2 Å². The third-order valence-electron chi connectivity index (χ3n) is 3.50. The smallest absolute Gasteiger partial charge is 0.101 e. The van der Waals surface area contributed by atoms with E-state index in [0.29, 0.717) is 17.3 Å². The Labute approximate surface area is 108 Å². The van der Waals surface area contributed by atoms with Gasteiger partial charge in [0.25, 0.3) is 0 Å². The van der Waals surface area contributed by atoms with Crippen molar-refractivity contribution in [2.75, 3.05) is 30.7 Å². The summed E-state index contributed by atoms with van der Waals surface area (Å²) < 4.78 is 0. The minimum Gasteiger partial charge on any atom is -0.398 e. The highest BCUT2D eigenvalue weighted by atomic mass is 15.2. The average Bonchev–Trinajstić information content (AvgIpc) is 2.39. The number of likely N-dealkylation sites (N-methyl/N-ethyl adjacent to an activating group) is 1. The number of nitriles is 1. The van der Waals surface area contributed by atoms with E-state index in [0.717, 1.165) is 18.8 Å². The lowest BCUT2D eigenvalue weighted by Gasteiger charge is -2.32. The van der Waals surface area contributed by atoms with Crippen LogP contribution in [0.3, 0.4) is 0 Å². The van der Waals surface area contributed by atoms with Gasteiger partial charge in [-0.05, 0) is 44.1 Å². The molecule has 0 bridgehead atoms. The molecule has 1 heterocycles. The van der Waals surface area contributed by atoms with E-state index < -0.39 is 0 Å². The summed E-state index contributed by atoms with van der Waals surface area (Å²) in [6.45, 7) is 5.58. The molecule has 0 saturated carbocycles. The van der Waals surface area contributed by atoms with E-state index >= 15 is 0 Å². The molecule has 3 N–H and O–H groups in total. The highest BCUT2D eigenvalue weighted by Gasteiger charge is 2.18. The second-order valence-corrected chi connectivity index (χ2v) is 4.79. The zero-order valence-electron chi connectivity index (χ0n) is 10.8. The molecule has 0 aliphatic carbocycles. The van der Waals surface area contributed by atoms with Gasteiger partial charge in [-0.2, -0.15) is 5.26 Å². The highest BCUT2D eigenvalue weighted by molar-refractivity contribution is 5.62. The SMILES string of the molecule is CCN1CCCC(Nc2ccc(C#N)c(N)c2)C1. The molecule has 4 heteroatoms. The molecule has 1 fully saturated rings. The summed E-state index contributed by atoms with van der Waals surface area (Å²) in [5.41, 5.74) is 7.91. The fourth-order valence-electron chi connectivity index (χ4n) is 2.45. The lowest BCUT2D eigenvalue weighted by Crippen LogP contribution is -2.41. The van der Waals surface area contributed by atoms with Crippen LogP contribution in [0.15, 0.2) is 18.2 Å². The number of nitrogens with two attached hydrogens (primary N) is 1. The van der Waals surface area contributed by atoms with Crippen molar-refractivity contribution >= 4 is 11.4 Å². The second-order valence-electron chi connectivity index (χ2n) is 4.79. The Kier molecular flexibility index (Phi) is 4.06. The van der Waals surface area contributed by atoms with Gasteiger partial charge in [-0.1, -0.05) is 6.92 Å². The van der Waals surface area contributed by atoms with Crippen LogP contribution in [0.5, 0.6) is 0 Å². The summed E-state index contributed by atoms with van der Waals surface area (Å²) in [5, 5.41) is 12.3. The first-order valence-corrected chi connectivity index (χ1v) is 6.51. The monoisotopic (exact) mass is 244 g/mol. The molecule has 1 unspecified atom stereocenters. The number of hydrogen-bond donors (Lipinski definition) is 2. The molecule has 1 atom stereocenters. The molecule has 2 rings (SSSR count). The fourth-order valence-corrected chi connectivity index (χ4v) is 2.45. The van der Waals surface area contributed by atoms with Crippen LogP contribution in [0.4, 0.5) is 11.4 Å². The number of hydrogen-bond acceptors (Lipinski definition) is 4. The molecule has 1 saturated heterocycles. The highest BCUT2D eigenvalue weighted by Crippen LogP contribution is 2.20. The summed E-state index contributed by atoms with van der Waals surface area (Å²) in [6.07, 6.45) is 2.42. The number of nitrogen functional groups attached to an aromatic ring is 1. The number of rotatable bonds is 3. The zero-order valence-corrected chi connectivity index (χ0v) is 10.8. The number of benzene rings is 1. The van der Waals surface area contributed by atoms with Crippen LogP contribution in [-0.2, 0) is 0 Å². The van der Waals surface area contributed by atoms with Gasteiger partial charge in [0, 0.05) is 18.3 Å². The van der Waals surface area contributed by atoms with Crippen LogP contribution in [0.1, 0.15) is 25.3 Å². The molecule has 0 spiro atoms. The van der Waals surface area contributed by atoms with Crippen LogP contribution >= 0.6 is 0 Å². The predicted octanol–water partition coefficient (Wildman–Crippen LogP) is 2.04. The normalized spacial score (nSPS) is 20.3. The molecule has 96 valence electrons. The number of nitrogens with one attached hydrogen (secondary N) is 1. The molecular weight excluding hydrogens is 224 g/mol. The Hall–Kier alpha value is -1.73. The molecule has 1 aliphatic heterocycles. The topological polar surface area (TPSA) is 65.1 Å². The van der Waals surface area contributed by atoms with Crippen LogP contribution in [-0.4, -0.2) is 30.6 Å². The van der Waals surface area contributed by atoms with Gasteiger partial charge in [-0.15, -0.1) is 0 Å². The molecule has 0 amide bonds. The first kappa shape index (κ1) is 12.7. The summed E-state index contributed by atoms with van der Waals surface area (Å²) in [7, 11) is 0. The van der Waals surface area contributed by atoms with Crippen molar-refractivity contribution in [3.05, 3.63) is 23.8 Å². The molecule has 1 aromatic rings. The van der Waals surface area contributed by atoms with E-state index in [1.165, 1.54) is 19.4 Å². The van der Waals surface area contributed by atoms with Crippen molar-refractivity contribution < 1.29 is 0 Å². The van der Waals surface area contributed by atoms with E-state index in [1.54, 1.807) is 6.07 Å². The van der Waals surface area contributed by atoms with Crippen molar-refractivity contribution in [1.29, 1.82) is 5.26 Å². The summed E-state index contributed by atoms with van der Waals surface area (Å²) >= 11 is 0. The van der Waals surface area contributed by atoms with Crippen molar-refractivity contribution in [2.24, 2.45) is 0 Å². The lowest BCUT2D eigenvalue weighted by atomic mass is 10.0. The minimum absolute atomic E-state index is 0.478. The van der Waals surface area contributed by atoms with Gasteiger partial charge in [-0.25, -0.2) is 0 Å². The summed E-state index contributed by atoms with van der Waals surface area (Å²) in [5.74, 6) is 0. The van der Waals surface area contributed by atoms with Gasteiger partial charge in [0.15, 0.2) is 0 Å². The molecule has 4 nitrogen and oxygen atoms in total. The lowest BCUT2D eigenvalue weighted by molar-refractivity contribution is 0.227. The quantitative estimate of drug-likeness (QED) is 0.799. The maximum atomic E-state index is 8.84. The third-order valence-corrected chi connectivity index (χ3v) is 3.50. The second kappa shape index (κ2) is 5.74. The van der Waals surface area contributed by atoms with Crippen LogP contribution in [0.2, 0.25) is 0 Å². The van der Waals surface area contributed by atoms with Crippen molar-refractivity contribution in [3.63, 3.8) is 0 Å². The average molecular weight is 244 g/mol. The van der Waals surface area contributed by atoms with Crippen LogP contribution in [0, 0.1) is 11.3 Å². The standard InChI is InChI=1S/C14H20N4/c1-2-18-7-3-4-13(10-18)17-12-6-5-11(9-15)14(16)8-12/h5-6,8,13,17H,2-4,7,10,16H2,1H3. The molecule has 1 aliphatic rings. The Bertz CT molecular complexity index is 450. The molecule has 0 aromatic heterocycles. The van der Waals surface area contributed by atoms with E-state index in [4.69, 9.17) is 11.0 Å². The maximum Gasteiger partial charge on any atom is 0.101 e. The van der Waals surface area contributed by atoms with Crippen LogP contribution in [0.25, 0.3) is 0 Å². The van der Waals surface area contributed by atoms with Crippen molar-refractivity contribution in [2.45, 2.75) is 25.8 Å². The molecule has 0 radical (unpaired) electrons. The largest absolute Gasteiger partial charge is 0.398 e. The van der Waals surface area contributed by atoms with Gasteiger partial charge >= 0.3 is 0 Å². The predicted molar refractivity (Wildman–Crippen MR) is 74.3 cm³/mol. The molecule has 1 aromatic carbocycles. The molecule has 18 heavy (non-hydrogen) atoms. The summed E-state index contributed by atoms with van der Waals surface area (Å²) in [6, 6.07) is 8.12. The van der Waals surface area contributed by atoms with Crippen molar-refractivity contribution in [3.8, 4) is 6.07 Å². The van der Waals surface area contributed by atoms with E-state index in [-0.39, 0.29) is 0 Å². The van der Waals surface area contributed by atoms with Crippen molar-refractivity contribution in [1.82, 2.24) is 4.90 Å². The van der Waals surface area contributed by atoms with E-state index in [9.17, 15) is 0 Å².